The molecule has 3 heterocycles. The molecular weight excluding hydrogens is 380 g/mol. The molecule has 1 aromatic heterocycles. The minimum absolute atomic E-state index is 0.0299. The van der Waals surface area contributed by atoms with Crippen LogP contribution < -0.4 is 4.90 Å². The Hall–Kier alpha value is -2.17. The van der Waals surface area contributed by atoms with Crippen LogP contribution in [0.5, 0.6) is 0 Å². The van der Waals surface area contributed by atoms with Crippen LogP contribution in [0.4, 0.5) is 5.00 Å². The number of aliphatic carboxylic acids is 1. The highest BCUT2D eigenvalue weighted by Gasteiger charge is 2.69. The van der Waals surface area contributed by atoms with Crippen molar-refractivity contribution in [1.82, 2.24) is 4.90 Å². The number of carbonyl (C=O) groups excluding carboxylic acids is 3. The molecule has 2 amide bonds. The van der Waals surface area contributed by atoms with Gasteiger partial charge in [0.25, 0.3) is 11.6 Å². The lowest BCUT2D eigenvalue weighted by atomic mass is 9.97. The van der Waals surface area contributed by atoms with Gasteiger partial charge in [-0.1, -0.05) is 0 Å². The molecule has 1 aromatic rings. The predicted molar refractivity (Wildman–Crippen MR) is 95.6 cm³/mol. The van der Waals surface area contributed by atoms with E-state index in [4.69, 9.17) is 4.74 Å². The molecule has 10 heteroatoms. The Bertz CT molecular complexity index is 821. The second kappa shape index (κ2) is 6.53. The van der Waals surface area contributed by atoms with Crippen molar-refractivity contribution in [2.24, 2.45) is 0 Å². The van der Waals surface area contributed by atoms with Gasteiger partial charge in [0.05, 0.1) is 0 Å². The minimum atomic E-state index is -1.66. The van der Waals surface area contributed by atoms with Crippen LogP contribution in [0.1, 0.15) is 13.8 Å². The summed E-state index contributed by atoms with van der Waals surface area (Å²) >= 11 is 2.17. The molecule has 2 unspecified atom stereocenters. The summed E-state index contributed by atoms with van der Waals surface area (Å²) in [5.41, 5.74) is -1.63. The zero-order chi connectivity index (χ0) is 19.2. The zero-order valence-corrected chi connectivity index (χ0v) is 15.8. The molecule has 8 nitrogen and oxygen atoms in total. The van der Waals surface area contributed by atoms with Crippen molar-refractivity contribution in [3.8, 4) is 0 Å². The number of methoxy groups -OCH3 is 1. The van der Waals surface area contributed by atoms with E-state index in [1.807, 2.05) is 0 Å². The number of hydrogen-bond donors (Lipinski definition) is 1. The van der Waals surface area contributed by atoms with E-state index in [1.54, 1.807) is 17.5 Å². The van der Waals surface area contributed by atoms with E-state index in [9.17, 15) is 24.3 Å². The number of nitrogens with zero attached hydrogens (tertiary/aromatic N) is 2. The number of amides is 2. The van der Waals surface area contributed by atoms with Gasteiger partial charge in [-0.15, -0.1) is 23.1 Å². The predicted octanol–water partition coefficient (Wildman–Crippen LogP) is 1.28. The fourth-order valence-corrected chi connectivity index (χ4v) is 5.47. The van der Waals surface area contributed by atoms with Crippen LogP contribution in [-0.4, -0.2) is 57.0 Å². The molecule has 0 aliphatic carbocycles. The summed E-state index contributed by atoms with van der Waals surface area (Å²) in [7, 11) is 1.30. The largest absolute Gasteiger partial charge is 0.480 e. The lowest BCUT2D eigenvalue weighted by molar-refractivity contribution is -0.182. The van der Waals surface area contributed by atoms with Gasteiger partial charge >= 0.3 is 5.97 Å². The monoisotopic (exact) mass is 396 g/mol. The van der Waals surface area contributed by atoms with Crippen molar-refractivity contribution in [1.29, 1.82) is 0 Å². The first-order valence-corrected chi connectivity index (χ1v) is 9.41. The van der Waals surface area contributed by atoms with Gasteiger partial charge in [0.15, 0.2) is 5.78 Å². The van der Waals surface area contributed by atoms with E-state index in [1.165, 1.54) is 48.3 Å². The number of thiophene rings is 1. The van der Waals surface area contributed by atoms with Gasteiger partial charge in [0.2, 0.25) is 5.91 Å². The fourth-order valence-electron chi connectivity index (χ4n) is 3.13. The molecule has 2 aliphatic rings. The Labute approximate surface area is 157 Å². The molecule has 26 heavy (non-hydrogen) atoms. The molecule has 1 fully saturated rings. The first-order valence-electron chi connectivity index (χ1n) is 7.58. The van der Waals surface area contributed by atoms with Gasteiger partial charge in [-0.25, -0.2) is 0 Å². The average molecular weight is 396 g/mol. The second-order valence-corrected chi connectivity index (χ2v) is 7.88. The molecule has 0 aromatic carbocycles. The summed E-state index contributed by atoms with van der Waals surface area (Å²) in [5.74, 6) is -2.54. The summed E-state index contributed by atoms with van der Waals surface area (Å²) in [4.78, 5) is 51.2. The Balaban J connectivity index is 2.09. The third kappa shape index (κ3) is 2.48. The summed E-state index contributed by atoms with van der Waals surface area (Å²) in [6.07, 6.45) is 1.26. The second-order valence-electron chi connectivity index (χ2n) is 5.77. The Morgan fingerprint density at radius 2 is 2.04 bits per heavy atom. The lowest BCUT2D eigenvalue weighted by Crippen LogP contribution is -2.80. The number of carbonyl (C=O) groups is 4. The van der Waals surface area contributed by atoms with Gasteiger partial charge in [-0.3, -0.25) is 29.0 Å². The van der Waals surface area contributed by atoms with Crippen LogP contribution in [0.2, 0.25) is 0 Å². The standard InChI is InChI=1S/C16H16N2O6S2/c1-8(19)10-7-17-14(23)16(24-3,15(17)26-12(10)13(21)22)18(9(2)20)11-5-4-6-25-11/h4-7,12,15H,1-3H3,(H,21,22)/t12?,15-,16?/m1/s1. The highest BCUT2D eigenvalue weighted by atomic mass is 32.2. The molecule has 0 radical (unpaired) electrons. The summed E-state index contributed by atoms with van der Waals surface area (Å²) in [6.45, 7) is 2.57. The maximum Gasteiger partial charge on any atom is 0.321 e. The van der Waals surface area contributed by atoms with Gasteiger partial charge in [-0.05, 0) is 24.4 Å². The minimum Gasteiger partial charge on any atom is -0.480 e. The number of β-lactam (4-membered cyclic amide) rings is 1. The molecule has 3 rings (SSSR count). The van der Waals surface area contributed by atoms with Crippen molar-refractivity contribution in [3.05, 3.63) is 29.3 Å². The zero-order valence-electron chi connectivity index (χ0n) is 14.2. The SMILES string of the molecule is COC1(N(C(C)=O)c2cccs2)C(=O)N2C=C(C(C)=O)C(C(=O)O)S[C@@H]21. The van der Waals surface area contributed by atoms with E-state index < -0.39 is 39.9 Å². The van der Waals surface area contributed by atoms with Crippen LogP contribution in [0.3, 0.4) is 0 Å². The number of fused-ring (bicyclic) bond motifs is 1. The van der Waals surface area contributed by atoms with Crippen LogP contribution >= 0.6 is 23.1 Å². The highest BCUT2D eigenvalue weighted by Crippen LogP contribution is 2.51. The van der Waals surface area contributed by atoms with Crippen molar-refractivity contribution in [2.75, 3.05) is 12.0 Å². The normalized spacial score (nSPS) is 27.3. The molecule has 1 N–H and O–H groups in total. The highest BCUT2D eigenvalue weighted by molar-refractivity contribution is 8.01. The molecule has 2 aliphatic heterocycles. The molecule has 3 atom stereocenters. The molecule has 0 bridgehead atoms. The maximum absolute atomic E-state index is 12.9. The van der Waals surface area contributed by atoms with Crippen molar-refractivity contribution < 1.29 is 29.0 Å². The Kier molecular flexibility index (Phi) is 4.67. The van der Waals surface area contributed by atoms with Gasteiger partial charge in [0.1, 0.15) is 15.6 Å². The number of ether oxygens (including phenoxy) is 1. The van der Waals surface area contributed by atoms with Crippen LogP contribution in [0.15, 0.2) is 29.3 Å². The van der Waals surface area contributed by atoms with Gasteiger partial charge < -0.3 is 9.84 Å². The quantitative estimate of drug-likeness (QED) is 0.591. The van der Waals surface area contributed by atoms with Crippen molar-refractivity contribution in [3.63, 3.8) is 0 Å². The van der Waals surface area contributed by atoms with Crippen molar-refractivity contribution in [2.45, 2.75) is 30.2 Å². The molecular formula is C16H16N2O6S2. The van der Waals surface area contributed by atoms with Crippen LogP contribution in [0.25, 0.3) is 0 Å². The van der Waals surface area contributed by atoms with E-state index in [0.29, 0.717) is 5.00 Å². The van der Waals surface area contributed by atoms with Crippen LogP contribution in [-0.2, 0) is 23.9 Å². The van der Waals surface area contributed by atoms with Crippen molar-refractivity contribution >= 4 is 51.7 Å². The fraction of sp³-hybridized carbons (Fsp3) is 0.375. The molecule has 0 saturated carbocycles. The van der Waals surface area contributed by atoms with E-state index in [-0.39, 0.29) is 5.57 Å². The summed E-state index contributed by atoms with van der Waals surface area (Å²) in [5, 5.41) is 9.84. The average Bonchev–Trinajstić information content (AvgIpc) is 3.10. The number of hydrogen-bond acceptors (Lipinski definition) is 7. The van der Waals surface area contributed by atoms with E-state index >= 15 is 0 Å². The topological polar surface area (TPSA) is 104 Å². The first kappa shape index (κ1) is 18.6. The third-order valence-corrected chi connectivity index (χ3v) is 6.66. The first-order chi connectivity index (χ1) is 12.3. The van der Waals surface area contributed by atoms with Crippen LogP contribution in [0, 0.1) is 0 Å². The summed E-state index contributed by atoms with van der Waals surface area (Å²) in [6, 6.07) is 3.42. The van der Waals surface area contributed by atoms with Gasteiger partial charge in [-0.2, -0.15) is 0 Å². The Morgan fingerprint density at radius 3 is 2.50 bits per heavy atom. The maximum atomic E-state index is 12.9. The number of carboxylic acids is 1. The smallest absolute Gasteiger partial charge is 0.321 e. The number of thioether (sulfide) groups is 1. The summed E-state index contributed by atoms with van der Waals surface area (Å²) < 4.78 is 5.52. The number of anilines is 1. The van der Waals surface area contributed by atoms with E-state index in [0.717, 1.165) is 11.8 Å². The number of ketones is 1. The number of Topliss-reactive ketones (excluding diaryl/α,β-unsaturated/α-hetero) is 1. The van der Waals surface area contributed by atoms with E-state index in [2.05, 4.69) is 0 Å². The van der Waals surface area contributed by atoms with Gasteiger partial charge in [0, 0.05) is 25.8 Å². The number of rotatable bonds is 5. The Morgan fingerprint density at radius 1 is 1.35 bits per heavy atom. The molecule has 138 valence electrons. The number of carboxylic acid groups (broad SMARTS) is 1. The molecule has 1 saturated heterocycles. The third-order valence-electron chi connectivity index (χ3n) is 4.27. The lowest BCUT2D eigenvalue weighted by Gasteiger charge is -2.58. The molecule has 0 spiro atoms.